The minimum Gasteiger partial charge on any atom is -0.422 e. The minimum atomic E-state index is -0.611. The predicted octanol–water partition coefficient (Wildman–Crippen LogP) is 5.16. The molecule has 1 saturated carbocycles. The number of primary amides is 1. The van der Waals surface area contributed by atoms with E-state index in [2.05, 4.69) is 22.3 Å². The smallest absolute Gasteiger partial charge is 0.287 e. The Morgan fingerprint density at radius 2 is 1.91 bits per heavy atom. The average molecular weight is 524 g/mol. The fourth-order valence-electron chi connectivity index (χ4n) is 3.33. The topological polar surface area (TPSA) is 126 Å². The van der Waals surface area contributed by atoms with Crippen LogP contribution >= 0.6 is 0 Å². The van der Waals surface area contributed by atoms with E-state index in [1.54, 1.807) is 0 Å². The van der Waals surface area contributed by atoms with Crippen molar-refractivity contribution in [2.24, 2.45) is 11.7 Å². The Balaban J connectivity index is 0.000000328. The Morgan fingerprint density at radius 3 is 2.43 bits per heavy atom. The van der Waals surface area contributed by atoms with Gasteiger partial charge >= 0.3 is 0 Å². The van der Waals surface area contributed by atoms with Crippen LogP contribution in [-0.4, -0.2) is 41.1 Å². The van der Waals surface area contributed by atoms with Crippen LogP contribution in [0.25, 0.3) is 11.3 Å². The largest absolute Gasteiger partial charge is 0.422 e. The van der Waals surface area contributed by atoms with Gasteiger partial charge in [0.05, 0.1) is 19.8 Å². The van der Waals surface area contributed by atoms with Gasteiger partial charge in [-0.3, -0.25) is 4.79 Å². The number of amides is 1. The molecule has 2 N–H and O–H groups in total. The standard InChI is InChI=1S/C13H20N2O3.C10H8N2O2.C2H6.V.H2/c1-2-11(17-8-9-6-16-7-9)13-15-14-12(18-13)10-4-3-5-10;11-10(13)9-6-8(12-14-9)7-4-2-1-3-5-7;1-2;;/h9-11H,2-8H2,1H3;1-6H,(H2,11,13);1-2H3;;1H. The molecule has 2 aliphatic rings. The van der Waals surface area contributed by atoms with Crippen molar-refractivity contribution in [2.45, 2.75) is 58.5 Å². The Kier molecular flexibility index (Phi) is 12.2. The molecule has 1 atom stereocenters. The summed E-state index contributed by atoms with van der Waals surface area (Å²) in [7, 11) is 0. The molecule has 9 nitrogen and oxygen atoms in total. The summed E-state index contributed by atoms with van der Waals surface area (Å²) in [6.45, 7) is 8.43. The van der Waals surface area contributed by atoms with Crippen LogP contribution in [-0.2, 0) is 28.0 Å². The number of nitrogens with zero attached hydrogens (tertiary/aromatic N) is 3. The number of rotatable bonds is 8. The van der Waals surface area contributed by atoms with Crippen molar-refractivity contribution in [2.75, 3.05) is 19.8 Å². The maximum Gasteiger partial charge on any atom is 0.287 e. The third-order valence-electron chi connectivity index (χ3n) is 5.62. The summed E-state index contributed by atoms with van der Waals surface area (Å²) < 4.78 is 21.5. The first-order chi connectivity index (χ1) is 16.6. The molecule has 0 spiro atoms. The maximum absolute atomic E-state index is 10.7. The van der Waals surface area contributed by atoms with E-state index in [4.69, 9.17) is 24.1 Å². The molecule has 3 aromatic rings. The number of benzene rings is 1. The fraction of sp³-hybridized carbons (Fsp3) is 0.520. The molecule has 1 aromatic carbocycles. The fourth-order valence-corrected chi connectivity index (χ4v) is 3.33. The van der Waals surface area contributed by atoms with Crippen LogP contribution in [0.3, 0.4) is 0 Å². The molecular formula is C25H36N4O5V. The van der Waals surface area contributed by atoms with E-state index in [-0.39, 0.29) is 31.8 Å². The number of carbonyl (C=O) groups is 1. The van der Waals surface area contributed by atoms with Gasteiger partial charge in [0.1, 0.15) is 11.8 Å². The summed E-state index contributed by atoms with van der Waals surface area (Å²) in [5.41, 5.74) is 6.54. The second kappa shape index (κ2) is 14.8. The van der Waals surface area contributed by atoms with E-state index in [1.807, 2.05) is 44.2 Å². The van der Waals surface area contributed by atoms with E-state index in [1.165, 1.54) is 25.3 Å². The van der Waals surface area contributed by atoms with Crippen molar-refractivity contribution in [1.29, 1.82) is 0 Å². The molecular weight excluding hydrogens is 487 g/mol. The van der Waals surface area contributed by atoms with Crippen molar-refractivity contribution in [3.63, 3.8) is 0 Å². The summed E-state index contributed by atoms with van der Waals surface area (Å²) >= 11 is 0. The molecule has 10 heteroatoms. The Bertz CT molecular complexity index is 1010. The van der Waals surface area contributed by atoms with Crippen LogP contribution < -0.4 is 5.73 Å². The van der Waals surface area contributed by atoms with Crippen molar-refractivity contribution in [3.05, 3.63) is 53.9 Å². The molecule has 5 rings (SSSR count). The second-order valence-electron chi connectivity index (χ2n) is 8.05. The van der Waals surface area contributed by atoms with E-state index in [9.17, 15) is 4.79 Å². The van der Waals surface area contributed by atoms with Gasteiger partial charge in [-0.05, 0) is 19.3 Å². The van der Waals surface area contributed by atoms with E-state index < -0.39 is 5.91 Å². The van der Waals surface area contributed by atoms with Gasteiger partial charge < -0.3 is 24.1 Å². The third-order valence-corrected chi connectivity index (χ3v) is 5.62. The van der Waals surface area contributed by atoms with Gasteiger partial charge in [-0.15, -0.1) is 10.2 Å². The SMILES string of the molecule is CC.CCC(OCC1COC1)c1nnc(C2CCC2)o1.NC(=O)c1cc(-c2ccccc2)no1.[HH].[V]. The van der Waals surface area contributed by atoms with E-state index in [0.717, 1.165) is 37.7 Å². The molecule has 35 heavy (non-hydrogen) atoms. The zero-order valence-corrected chi connectivity index (χ0v) is 22.0. The number of hydrogen-bond donors (Lipinski definition) is 1. The Labute approximate surface area is 219 Å². The van der Waals surface area contributed by atoms with Crippen LogP contribution in [0.1, 0.15) is 82.2 Å². The van der Waals surface area contributed by atoms with Crippen LogP contribution in [0.15, 0.2) is 45.3 Å². The van der Waals surface area contributed by atoms with Gasteiger partial charge in [-0.2, -0.15) is 0 Å². The van der Waals surface area contributed by atoms with Crippen LogP contribution in [0.5, 0.6) is 0 Å². The van der Waals surface area contributed by atoms with Crippen molar-refractivity contribution >= 4 is 5.91 Å². The third kappa shape index (κ3) is 8.03. The first-order valence-electron chi connectivity index (χ1n) is 12.0. The molecule has 1 aliphatic carbocycles. The summed E-state index contributed by atoms with van der Waals surface area (Å²) in [5.74, 6) is 1.92. The van der Waals surface area contributed by atoms with Gasteiger partial charge in [0.15, 0.2) is 0 Å². The number of nitrogens with two attached hydrogens (primary N) is 1. The zero-order chi connectivity index (χ0) is 24.3. The predicted molar refractivity (Wildman–Crippen MR) is 128 cm³/mol. The van der Waals surface area contributed by atoms with Crippen LogP contribution in [0.4, 0.5) is 0 Å². The quantitative estimate of drug-likeness (QED) is 0.429. The Morgan fingerprint density at radius 1 is 1.20 bits per heavy atom. The van der Waals surface area contributed by atoms with E-state index in [0.29, 0.717) is 23.4 Å². The average Bonchev–Trinajstić information content (AvgIpc) is 3.48. The van der Waals surface area contributed by atoms with Crippen LogP contribution in [0.2, 0.25) is 0 Å². The summed E-state index contributed by atoms with van der Waals surface area (Å²) in [6, 6.07) is 10.9. The van der Waals surface area contributed by atoms with Gasteiger partial charge in [0.25, 0.3) is 5.91 Å². The minimum absolute atomic E-state index is 0. The van der Waals surface area contributed by atoms with Crippen molar-refractivity contribution in [3.8, 4) is 11.3 Å². The summed E-state index contributed by atoms with van der Waals surface area (Å²) in [5, 5.41) is 12.0. The van der Waals surface area contributed by atoms with E-state index >= 15 is 0 Å². The summed E-state index contributed by atoms with van der Waals surface area (Å²) in [4.78, 5) is 10.7. The molecule has 1 unspecified atom stereocenters. The number of aromatic nitrogens is 3. The van der Waals surface area contributed by atoms with Gasteiger partial charge in [-0.25, -0.2) is 0 Å². The molecule has 2 fully saturated rings. The monoisotopic (exact) mass is 523 g/mol. The maximum atomic E-state index is 10.7. The zero-order valence-electron chi connectivity index (χ0n) is 20.6. The number of hydrogen-bond acceptors (Lipinski definition) is 8. The van der Waals surface area contributed by atoms with Crippen molar-refractivity contribution in [1.82, 2.24) is 15.4 Å². The molecule has 1 radical (unpaired) electrons. The van der Waals surface area contributed by atoms with Gasteiger partial charge in [0, 0.05) is 43.4 Å². The molecule has 1 aliphatic heterocycles. The molecule has 191 valence electrons. The first kappa shape index (κ1) is 28.8. The number of ether oxygens (including phenoxy) is 2. The second-order valence-corrected chi connectivity index (χ2v) is 8.05. The van der Waals surface area contributed by atoms with Gasteiger partial charge in [0.2, 0.25) is 17.5 Å². The van der Waals surface area contributed by atoms with Crippen LogP contribution in [0, 0.1) is 5.92 Å². The normalized spacial score (nSPS) is 15.7. The molecule has 1 amide bonds. The number of carbonyl (C=O) groups excluding carboxylic acids is 1. The Hall–Kier alpha value is -2.46. The molecule has 1 saturated heterocycles. The molecule has 2 aromatic heterocycles. The van der Waals surface area contributed by atoms with Crippen molar-refractivity contribution < 1.29 is 43.2 Å². The molecule has 0 bridgehead atoms. The van der Waals surface area contributed by atoms with Gasteiger partial charge in [-0.1, -0.05) is 62.7 Å². The molecule has 3 heterocycles. The first-order valence-corrected chi connectivity index (χ1v) is 12.0. The summed E-state index contributed by atoms with van der Waals surface area (Å²) in [6.07, 6.45) is 4.43.